The van der Waals surface area contributed by atoms with Gasteiger partial charge in [0.25, 0.3) is 0 Å². The van der Waals surface area contributed by atoms with Gasteiger partial charge >= 0.3 is 5.97 Å². The van der Waals surface area contributed by atoms with Gasteiger partial charge in [-0.3, -0.25) is 0 Å². The molecule has 0 saturated heterocycles. The van der Waals surface area contributed by atoms with Crippen molar-refractivity contribution >= 4 is 33.5 Å². The van der Waals surface area contributed by atoms with Crippen LogP contribution in [-0.4, -0.2) is 12.6 Å². The highest BCUT2D eigenvalue weighted by molar-refractivity contribution is 9.10. The third-order valence-corrected chi connectivity index (χ3v) is 4.32. The van der Waals surface area contributed by atoms with Crippen LogP contribution in [-0.2, 0) is 4.74 Å². The molecule has 1 aliphatic carbocycles. The Balaban J connectivity index is 2.28. The summed E-state index contributed by atoms with van der Waals surface area (Å²) in [6, 6.07) is 7.75. The summed E-state index contributed by atoms with van der Waals surface area (Å²) >= 11 is 3.42. The summed E-state index contributed by atoms with van der Waals surface area (Å²) < 4.78 is 12.3. The summed E-state index contributed by atoms with van der Waals surface area (Å²) in [5, 5.41) is 0.875. The van der Waals surface area contributed by atoms with E-state index >= 15 is 0 Å². The van der Waals surface area contributed by atoms with Crippen molar-refractivity contribution < 1.29 is 13.9 Å². The molecule has 0 N–H and O–H groups in total. The molecule has 4 heteroatoms. The lowest BCUT2D eigenvalue weighted by molar-refractivity contribution is 0.0525. The van der Waals surface area contributed by atoms with Crippen molar-refractivity contribution in [3.05, 3.63) is 44.9 Å². The summed E-state index contributed by atoms with van der Waals surface area (Å²) in [4.78, 5) is 12.4. The molecule has 0 unspecified atom stereocenters. The maximum Gasteiger partial charge on any atom is 0.342 e. The number of carbonyl (C=O) groups is 1. The van der Waals surface area contributed by atoms with Crippen molar-refractivity contribution in [2.75, 3.05) is 6.61 Å². The Morgan fingerprint density at radius 3 is 2.73 bits per heavy atom. The molecular formula is C18H17BrO3. The lowest BCUT2D eigenvalue weighted by atomic mass is 10.0. The summed E-state index contributed by atoms with van der Waals surface area (Å²) in [6.07, 6.45) is 3.95. The number of rotatable bonds is 3. The maximum atomic E-state index is 12.4. The van der Waals surface area contributed by atoms with E-state index in [1.807, 2.05) is 31.2 Å². The number of furan rings is 1. The van der Waals surface area contributed by atoms with Gasteiger partial charge in [-0.15, -0.1) is 0 Å². The van der Waals surface area contributed by atoms with Crippen LogP contribution >= 0.6 is 15.9 Å². The van der Waals surface area contributed by atoms with Crippen molar-refractivity contribution in [2.24, 2.45) is 0 Å². The number of halogens is 1. The number of ether oxygens (including phenoxy) is 1. The Hall–Kier alpha value is -1.81. The molecule has 0 fully saturated rings. The molecule has 0 radical (unpaired) electrons. The molecule has 0 bridgehead atoms. The minimum atomic E-state index is -0.323. The molecule has 3 rings (SSSR count). The Morgan fingerprint density at radius 1 is 1.32 bits per heavy atom. The molecule has 1 aromatic carbocycles. The predicted molar refractivity (Wildman–Crippen MR) is 89.8 cm³/mol. The van der Waals surface area contributed by atoms with E-state index in [1.165, 1.54) is 5.57 Å². The summed E-state index contributed by atoms with van der Waals surface area (Å²) in [5.74, 6) is 0.268. The Kier molecular flexibility index (Phi) is 4.21. The van der Waals surface area contributed by atoms with E-state index in [2.05, 4.69) is 28.9 Å². The number of benzene rings is 1. The molecule has 22 heavy (non-hydrogen) atoms. The number of hydrogen-bond acceptors (Lipinski definition) is 3. The fourth-order valence-electron chi connectivity index (χ4n) is 2.71. The van der Waals surface area contributed by atoms with Crippen LogP contribution in [0.2, 0.25) is 0 Å². The fourth-order valence-corrected chi connectivity index (χ4v) is 2.98. The largest absolute Gasteiger partial charge is 0.462 e. The second-order valence-electron chi connectivity index (χ2n) is 5.30. The van der Waals surface area contributed by atoms with Gasteiger partial charge in [0.2, 0.25) is 0 Å². The lowest BCUT2D eigenvalue weighted by Crippen LogP contribution is -2.30. The first-order chi connectivity index (χ1) is 10.6. The Labute approximate surface area is 137 Å². The van der Waals surface area contributed by atoms with Crippen molar-refractivity contribution in [1.82, 2.24) is 0 Å². The minimum Gasteiger partial charge on any atom is -0.462 e. The number of carbonyl (C=O) groups excluding carboxylic acids is 1. The molecule has 1 heterocycles. The summed E-state index contributed by atoms with van der Waals surface area (Å²) in [6.45, 7) is 4.21. The highest BCUT2D eigenvalue weighted by Crippen LogP contribution is 2.25. The number of fused-ring (bicyclic) bond motifs is 1. The third-order valence-electron chi connectivity index (χ3n) is 3.79. The lowest BCUT2D eigenvalue weighted by Gasteiger charge is -2.04. The highest BCUT2D eigenvalue weighted by Gasteiger charge is 2.23. The molecule has 114 valence electrons. The van der Waals surface area contributed by atoms with Gasteiger partial charge in [0.05, 0.1) is 6.61 Å². The van der Waals surface area contributed by atoms with E-state index < -0.39 is 0 Å². The smallest absolute Gasteiger partial charge is 0.342 e. The van der Waals surface area contributed by atoms with Crippen molar-refractivity contribution in [3.8, 4) is 11.3 Å². The number of esters is 1. The highest BCUT2D eigenvalue weighted by atomic mass is 79.9. The van der Waals surface area contributed by atoms with E-state index in [-0.39, 0.29) is 5.97 Å². The van der Waals surface area contributed by atoms with Gasteiger partial charge in [-0.25, -0.2) is 4.79 Å². The second-order valence-corrected chi connectivity index (χ2v) is 6.22. The monoisotopic (exact) mass is 360 g/mol. The van der Waals surface area contributed by atoms with Gasteiger partial charge in [0.15, 0.2) is 0 Å². The average Bonchev–Trinajstić information content (AvgIpc) is 2.89. The van der Waals surface area contributed by atoms with Gasteiger partial charge in [-0.1, -0.05) is 34.1 Å². The number of hydrogen-bond donors (Lipinski definition) is 0. The van der Waals surface area contributed by atoms with Gasteiger partial charge in [-0.2, -0.15) is 0 Å². The van der Waals surface area contributed by atoms with E-state index in [0.29, 0.717) is 17.9 Å². The van der Waals surface area contributed by atoms with Crippen LogP contribution in [0.15, 0.2) is 33.2 Å². The zero-order valence-electron chi connectivity index (χ0n) is 12.6. The van der Waals surface area contributed by atoms with Gasteiger partial charge in [0.1, 0.15) is 16.7 Å². The van der Waals surface area contributed by atoms with Crippen LogP contribution in [0.3, 0.4) is 0 Å². The molecule has 3 nitrogen and oxygen atoms in total. The first kappa shape index (κ1) is 15.1. The zero-order chi connectivity index (χ0) is 15.7. The zero-order valence-corrected chi connectivity index (χ0v) is 14.2. The SMILES string of the molecule is CCOC(=O)c1c(-c2ccc(Br)cc2)oc2c1=CCCC=2C. The van der Waals surface area contributed by atoms with Crippen LogP contribution in [0.25, 0.3) is 23.0 Å². The van der Waals surface area contributed by atoms with Crippen molar-refractivity contribution in [1.29, 1.82) is 0 Å². The molecule has 2 aromatic rings. The molecule has 1 aliphatic rings. The van der Waals surface area contributed by atoms with Crippen molar-refractivity contribution in [3.63, 3.8) is 0 Å². The normalized spacial score (nSPS) is 13.5. The standard InChI is InChI=1S/C18H17BrO3/c1-3-21-18(20)15-14-6-4-5-11(2)16(14)22-17(15)12-7-9-13(19)10-8-12/h6-10H,3-5H2,1-2H3. The second kappa shape index (κ2) is 6.13. The van der Waals surface area contributed by atoms with E-state index in [9.17, 15) is 4.79 Å². The van der Waals surface area contributed by atoms with E-state index in [4.69, 9.17) is 9.15 Å². The van der Waals surface area contributed by atoms with Crippen LogP contribution in [0.4, 0.5) is 0 Å². The van der Waals surface area contributed by atoms with Crippen molar-refractivity contribution in [2.45, 2.75) is 26.7 Å². The average molecular weight is 361 g/mol. The van der Waals surface area contributed by atoms with E-state index in [1.54, 1.807) is 0 Å². The van der Waals surface area contributed by atoms with Crippen LogP contribution in [0.5, 0.6) is 0 Å². The maximum absolute atomic E-state index is 12.4. The summed E-state index contributed by atoms with van der Waals surface area (Å²) in [5.41, 5.74) is 3.40. The van der Waals surface area contributed by atoms with Crippen LogP contribution in [0.1, 0.15) is 37.0 Å². The van der Waals surface area contributed by atoms with Crippen LogP contribution in [0, 0.1) is 0 Å². The Morgan fingerprint density at radius 2 is 2.05 bits per heavy atom. The van der Waals surface area contributed by atoms with Crippen LogP contribution < -0.4 is 10.6 Å². The molecule has 0 saturated carbocycles. The first-order valence-corrected chi connectivity index (χ1v) is 8.17. The fraction of sp³-hybridized carbons (Fsp3) is 0.278. The quantitative estimate of drug-likeness (QED) is 0.784. The molecule has 0 atom stereocenters. The predicted octanol–water partition coefficient (Wildman–Crippen LogP) is 3.63. The topological polar surface area (TPSA) is 39.4 Å². The summed E-state index contributed by atoms with van der Waals surface area (Å²) in [7, 11) is 0. The van der Waals surface area contributed by atoms with Gasteiger partial charge < -0.3 is 9.15 Å². The van der Waals surface area contributed by atoms with Gasteiger partial charge in [0, 0.05) is 15.3 Å². The molecule has 1 aromatic heterocycles. The first-order valence-electron chi connectivity index (χ1n) is 7.37. The minimum absolute atomic E-state index is 0.323. The third kappa shape index (κ3) is 2.63. The van der Waals surface area contributed by atoms with Gasteiger partial charge in [-0.05, 0) is 44.4 Å². The molecule has 0 amide bonds. The van der Waals surface area contributed by atoms with E-state index in [0.717, 1.165) is 33.5 Å². The molecule has 0 aliphatic heterocycles. The molecular weight excluding hydrogens is 344 g/mol. The molecule has 0 spiro atoms. The Bertz CT molecular complexity index is 828.